The summed E-state index contributed by atoms with van der Waals surface area (Å²) < 4.78 is 5.68. The second-order valence-corrected chi connectivity index (χ2v) is 11.6. The molecule has 1 aromatic carbocycles. The maximum Gasteiger partial charge on any atom is 0.319 e. The molecule has 30 heavy (non-hydrogen) atoms. The van der Waals surface area contributed by atoms with Crippen molar-refractivity contribution in [2.75, 3.05) is 23.8 Å². The number of halogens is 1. The Kier molecular flexibility index (Phi) is 5.30. The van der Waals surface area contributed by atoms with Crippen LogP contribution < -0.4 is 16.0 Å². The van der Waals surface area contributed by atoms with Gasteiger partial charge in [-0.3, -0.25) is 4.79 Å². The number of anilines is 2. The lowest BCUT2D eigenvalue weighted by molar-refractivity contribution is -0.138. The molecule has 1 aromatic rings. The molecule has 5 fully saturated rings. The summed E-state index contributed by atoms with van der Waals surface area (Å²) >= 11 is 3.98. The van der Waals surface area contributed by atoms with Crippen LogP contribution in [-0.2, 0) is 9.53 Å². The van der Waals surface area contributed by atoms with Gasteiger partial charge in [0.2, 0.25) is 5.91 Å². The van der Waals surface area contributed by atoms with Crippen LogP contribution in [0.15, 0.2) is 24.3 Å². The number of urea groups is 1. The van der Waals surface area contributed by atoms with Crippen molar-refractivity contribution in [1.82, 2.24) is 5.32 Å². The number of nitrogens with one attached hydrogen (secondary N) is 3. The fourth-order valence-electron chi connectivity index (χ4n) is 6.50. The number of carbonyl (C=O) groups is 2. The zero-order valence-electron chi connectivity index (χ0n) is 17.2. The van der Waals surface area contributed by atoms with Gasteiger partial charge < -0.3 is 20.7 Å². The van der Waals surface area contributed by atoms with Crippen LogP contribution in [0.3, 0.4) is 0 Å². The lowest BCUT2D eigenvalue weighted by Crippen LogP contribution is -2.57. The molecule has 1 heterocycles. The van der Waals surface area contributed by atoms with Crippen LogP contribution in [0.5, 0.6) is 0 Å². The third-order valence-corrected chi connectivity index (χ3v) is 8.31. The Labute approximate surface area is 186 Å². The van der Waals surface area contributed by atoms with Crippen LogP contribution in [-0.4, -0.2) is 35.5 Å². The van der Waals surface area contributed by atoms with E-state index in [2.05, 4.69) is 31.9 Å². The minimum Gasteiger partial charge on any atom is -0.376 e. The van der Waals surface area contributed by atoms with Gasteiger partial charge in [0.15, 0.2) is 0 Å². The fourth-order valence-corrected chi connectivity index (χ4v) is 7.96. The van der Waals surface area contributed by atoms with Crippen molar-refractivity contribution in [3.63, 3.8) is 0 Å². The smallest absolute Gasteiger partial charge is 0.319 e. The molecular formula is C23H30BrN3O3. The van der Waals surface area contributed by atoms with Crippen LogP contribution in [0, 0.1) is 17.3 Å². The molecule has 3 atom stereocenters. The summed E-state index contributed by atoms with van der Waals surface area (Å²) in [5.41, 5.74) is 1.25. The first-order valence-electron chi connectivity index (χ1n) is 11.2. The van der Waals surface area contributed by atoms with Crippen LogP contribution in [0.25, 0.3) is 0 Å². The lowest BCUT2D eigenvalue weighted by atomic mass is 9.49. The number of amides is 3. The van der Waals surface area contributed by atoms with Crippen molar-refractivity contribution in [3.05, 3.63) is 24.3 Å². The maximum atomic E-state index is 13.3. The Morgan fingerprint density at radius 2 is 1.70 bits per heavy atom. The minimum atomic E-state index is -0.238. The molecule has 0 spiro atoms. The van der Waals surface area contributed by atoms with E-state index in [1.54, 1.807) is 0 Å². The molecule has 162 valence electrons. The molecule has 3 amide bonds. The van der Waals surface area contributed by atoms with Gasteiger partial charge in [-0.2, -0.15) is 0 Å². The molecule has 4 saturated carbocycles. The first-order valence-corrected chi connectivity index (χ1v) is 12.0. The number of hydrogen-bond acceptors (Lipinski definition) is 3. The summed E-state index contributed by atoms with van der Waals surface area (Å²) in [6, 6.07) is 7.13. The Balaban J connectivity index is 1.16. The van der Waals surface area contributed by atoms with E-state index in [0.29, 0.717) is 24.1 Å². The Bertz CT molecular complexity index is 807. The summed E-state index contributed by atoms with van der Waals surface area (Å²) in [7, 11) is 0. The Morgan fingerprint density at radius 1 is 1.03 bits per heavy atom. The van der Waals surface area contributed by atoms with E-state index in [4.69, 9.17) is 4.74 Å². The molecule has 6 nitrogen and oxygen atoms in total. The predicted molar refractivity (Wildman–Crippen MR) is 120 cm³/mol. The zero-order valence-corrected chi connectivity index (χ0v) is 18.8. The van der Waals surface area contributed by atoms with E-state index in [0.717, 1.165) is 44.4 Å². The quantitative estimate of drug-likeness (QED) is 0.541. The standard InChI is InChI=1S/C23H30BrN3O3/c24-23-11-15-8-16(12-23)10-22(9-15,14-23)20(28)26-17-3-5-18(6-4-17)27-21(29)25-13-19-2-1-7-30-19/h3-6,15-16,19H,1-2,7-14H2,(H,26,28)(H2,25,27,29). The monoisotopic (exact) mass is 475 g/mol. The average Bonchev–Trinajstić information content (AvgIpc) is 3.20. The fraction of sp³-hybridized carbons (Fsp3) is 0.652. The van der Waals surface area contributed by atoms with Gasteiger partial charge in [0.1, 0.15) is 0 Å². The number of hydrogen-bond donors (Lipinski definition) is 3. The van der Waals surface area contributed by atoms with Gasteiger partial charge in [-0.15, -0.1) is 0 Å². The number of carbonyl (C=O) groups excluding carboxylic acids is 2. The third kappa shape index (κ3) is 4.11. The molecular weight excluding hydrogens is 446 g/mol. The molecule has 1 saturated heterocycles. The van der Waals surface area contributed by atoms with Gasteiger partial charge in [-0.1, -0.05) is 15.9 Å². The van der Waals surface area contributed by atoms with Crippen molar-refractivity contribution in [2.45, 2.75) is 61.8 Å². The molecule has 4 bridgehead atoms. The zero-order chi connectivity index (χ0) is 20.8. The van der Waals surface area contributed by atoms with Gasteiger partial charge in [0.05, 0.1) is 11.5 Å². The topological polar surface area (TPSA) is 79.5 Å². The van der Waals surface area contributed by atoms with E-state index in [1.807, 2.05) is 24.3 Å². The van der Waals surface area contributed by atoms with E-state index in [1.165, 1.54) is 19.3 Å². The maximum absolute atomic E-state index is 13.3. The predicted octanol–water partition coefficient (Wildman–Crippen LogP) is 4.66. The van der Waals surface area contributed by atoms with Crippen LogP contribution in [0.2, 0.25) is 0 Å². The molecule has 1 aliphatic heterocycles. The van der Waals surface area contributed by atoms with Crippen molar-refractivity contribution < 1.29 is 14.3 Å². The molecule has 3 N–H and O–H groups in total. The largest absolute Gasteiger partial charge is 0.376 e. The second-order valence-electron chi connectivity index (χ2n) is 9.89. The third-order valence-electron chi connectivity index (χ3n) is 7.39. The van der Waals surface area contributed by atoms with Crippen molar-refractivity contribution in [1.29, 1.82) is 0 Å². The summed E-state index contributed by atoms with van der Waals surface area (Å²) in [6.07, 6.45) is 8.88. The van der Waals surface area contributed by atoms with Gasteiger partial charge in [-0.25, -0.2) is 4.79 Å². The highest BCUT2D eigenvalue weighted by Gasteiger charge is 2.59. The van der Waals surface area contributed by atoms with E-state index in [9.17, 15) is 9.59 Å². The number of rotatable bonds is 5. The van der Waals surface area contributed by atoms with Crippen molar-refractivity contribution in [2.24, 2.45) is 17.3 Å². The second kappa shape index (κ2) is 7.83. The van der Waals surface area contributed by atoms with Gasteiger partial charge in [0.25, 0.3) is 0 Å². The molecule has 0 aromatic heterocycles. The average molecular weight is 476 g/mol. The molecule has 6 rings (SSSR count). The molecule has 4 aliphatic carbocycles. The lowest BCUT2D eigenvalue weighted by Gasteiger charge is -2.59. The molecule has 3 unspecified atom stereocenters. The summed E-state index contributed by atoms with van der Waals surface area (Å²) in [5.74, 6) is 1.52. The summed E-state index contributed by atoms with van der Waals surface area (Å²) in [5, 5.41) is 8.84. The van der Waals surface area contributed by atoms with Gasteiger partial charge in [0, 0.05) is 28.9 Å². The SMILES string of the molecule is O=C(NCC1CCCO1)Nc1ccc(NC(=O)C23CC4CC(CC(Br)(C4)C2)C3)cc1. The first kappa shape index (κ1) is 20.3. The Morgan fingerprint density at radius 3 is 2.30 bits per heavy atom. The molecule has 0 radical (unpaired) electrons. The molecule has 7 heteroatoms. The Hall–Kier alpha value is -1.60. The molecule has 5 aliphatic rings. The highest BCUT2D eigenvalue weighted by Crippen LogP contribution is 2.64. The number of benzene rings is 1. The summed E-state index contributed by atoms with van der Waals surface area (Å²) in [4.78, 5) is 25.3. The van der Waals surface area contributed by atoms with Crippen LogP contribution >= 0.6 is 15.9 Å². The highest BCUT2D eigenvalue weighted by atomic mass is 79.9. The minimum absolute atomic E-state index is 0.122. The van der Waals surface area contributed by atoms with Gasteiger partial charge >= 0.3 is 6.03 Å². The van der Waals surface area contributed by atoms with Crippen LogP contribution in [0.4, 0.5) is 16.2 Å². The normalized spacial score (nSPS) is 36.5. The highest BCUT2D eigenvalue weighted by molar-refractivity contribution is 9.10. The first-order chi connectivity index (χ1) is 14.4. The summed E-state index contributed by atoms with van der Waals surface area (Å²) in [6.45, 7) is 1.31. The van der Waals surface area contributed by atoms with E-state index >= 15 is 0 Å². The van der Waals surface area contributed by atoms with Crippen molar-refractivity contribution >= 4 is 39.2 Å². The van der Waals surface area contributed by atoms with Crippen LogP contribution in [0.1, 0.15) is 51.4 Å². The van der Waals surface area contributed by atoms with Gasteiger partial charge in [-0.05, 0) is 87.5 Å². The van der Waals surface area contributed by atoms with Crippen molar-refractivity contribution in [3.8, 4) is 0 Å². The number of alkyl halides is 1. The van der Waals surface area contributed by atoms with E-state index < -0.39 is 0 Å². The van der Waals surface area contributed by atoms with E-state index in [-0.39, 0.29) is 27.8 Å². The number of ether oxygens (including phenoxy) is 1.